The molecule has 122 valence electrons. The van der Waals surface area contributed by atoms with Crippen LogP contribution in [0.4, 0.5) is 0 Å². The van der Waals surface area contributed by atoms with E-state index in [1.54, 1.807) is 24.3 Å². The molecule has 0 saturated carbocycles. The van der Waals surface area contributed by atoms with Gasteiger partial charge in [-0.25, -0.2) is 8.42 Å². The standard InChI is InChI=1S/C16H18N2O4S/c17-11-10-16(19)22-12-6-2-1-3-8-14-13-7-4-5-9-15(13)23(20,21)18-14/h4-5,7-9,18H,1-3,6,10,12H2. The van der Waals surface area contributed by atoms with E-state index >= 15 is 0 Å². The van der Waals surface area contributed by atoms with Crippen molar-refractivity contribution in [2.75, 3.05) is 6.61 Å². The molecular formula is C16H18N2O4S. The monoisotopic (exact) mass is 334 g/mol. The Morgan fingerprint density at radius 1 is 1.26 bits per heavy atom. The van der Waals surface area contributed by atoms with Crippen LogP contribution in [0.15, 0.2) is 35.2 Å². The molecule has 23 heavy (non-hydrogen) atoms. The molecule has 0 aliphatic carbocycles. The van der Waals surface area contributed by atoms with Gasteiger partial charge < -0.3 is 4.74 Å². The number of hydrogen-bond donors (Lipinski definition) is 1. The van der Waals surface area contributed by atoms with Crippen LogP contribution in [0.2, 0.25) is 0 Å². The molecule has 0 fully saturated rings. The molecule has 2 rings (SSSR count). The van der Waals surface area contributed by atoms with Gasteiger partial charge in [0.15, 0.2) is 0 Å². The number of nitrogens with zero attached hydrogens (tertiary/aromatic N) is 1. The van der Waals surface area contributed by atoms with Crippen molar-refractivity contribution in [2.45, 2.75) is 37.0 Å². The number of esters is 1. The van der Waals surface area contributed by atoms with Crippen LogP contribution in [-0.2, 0) is 19.6 Å². The number of benzene rings is 1. The zero-order valence-corrected chi connectivity index (χ0v) is 13.4. The predicted molar refractivity (Wildman–Crippen MR) is 84.4 cm³/mol. The van der Waals surface area contributed by atoms with E-state index in [9.17, 15) is 13.2 Å². The molecule has 1 aliphatic rings. The molecule has 0 radical (unpaired) electrons. The fourth-order valence-electron chi connectivity index (χ4n) is 2.30. The molecule has 0 bridgehead atoms. The third kappa shape index (κ3) is 4.57. The Balaban J connectivity index is 1.76. The predicted octanol–water partition coefficient (Wildman–Crippen LogP) is 2.34. The summed E-state index contributed by atoms with van der Waals surface area (Å²) in [6.45, 7) is 0.312. The molecule has 0 saturated heterocycles. The van der Waals surface area contributed by atoms with Crippen LogP contribution in [-0.4, -0.2) is 21.0 Å². The highest BCUT2D eigenvalue weighted by molar-refractivity contribution is 7.90. The minimum Gasteiger partial charge on any atom is -0.465 e. The van der Waals surface area contributed by atoms with Crippen molar-refractivity contribution in [1.82, 2.24) is 4.72 Å². The van der Waals surface area contributed by atoms with Gasteiger partial charge in [-0.05, 0) is 31.7 Å². The summed E-state index contributed by atoms with van der Waals surface area (Å²) < 4.78 is 31.3. The van der Waals surface area contributed by atoms with Gasteiger partial charge in [0.05, 0.1) is 23.3 Å². The topological polar surface area (TPSA) is 96.3 Å². The van der Waals surface area contributed by atoms with Crippen molar-refractivity contribution >= 4 is 21.7 Å². The van der Waals surface area contributed by atoms with E-state index in [1.807, 2.05) is 12.1 Å². The molecule has 1 aromatic carbocycles. The second-order valence-electron chi connectivity index (χ2n) is 5.12. The second-order valence-corrected chi connectivity index (χ2v) is 6.77. The zero-order chi connectivity index (χ0) is 16.7. The summed E-state index contributed by atoms with van der Waals surface area (Å²) in [6.07, 6.45) is 4.85. The van der Waals surface area contributed by atoms with Crippen LogP contribution in [0.1, 0.15) is 37.7 Å². The minimum absolute atomic E-state index is 0.217. The van der Waals surface area contributed by atoms with E-state index in [-0.39, 0.29) is 6.42 Å². The Morgan fingerprint density at radius 3 is 2.83 bits per heavy atom. The molecule has 1 aliphatic heterocycles. The largest absolute Gasteiger partial charge is 0.465 e. The molecule has 7 heteroatoms. The van der Waals surface area contributed by atoms with E-state index in [0.717, 1.165) is 25.7 Å². The number of unbranched alkanes of at least 4 members (excludes halogenated alkanes) is 3. The molecule has 0 amide bonds. The first-order chi connectivity index (χ1) is 11.0. The maximum absolute atomic E-state index is 11.9. The zero-order valence-electron chi connectivity index (χ0n) is 12.6. The van der Waals surface area contributed by atoms with Crippen molar-refractivity contribution in [3.63, 3.8) is 0 Å². The number of nitrogens with one attached hydrogen (secondary N) is 1. The van der Waals surface area contributed by atoms with E-state index in [2.05, 4.69) is 4.72 Å². The van der Waals surface area contributed by atoms with E-state index < -0.39 is 16.0 Å². The summed E-state index contributed by atoms with van der Waals surface area (Å²) in [5.74, 6) is -0.494. The molecule has 1 heterocycles. The normalized spacial score (nSPS) is 16.4. The highest BCUT2D eigenvalue weighted by atomic mass is 32.2. The summed E-state index contributed by atoms with van der Waals surface area (Å²) in [5.41, 5.74) is 1.33. The van der Waals surface area contributed by atoms with Gasteiger partial charge in [0.25, 0.3) is 10.0 Å². The number of rotatable bonds is 7. The minimum atomic E-state index is -3.42. The van der Waals surface area contributed by atoms with Gasteiger partial charge in [-0.2, -0.15) is 5.26 Å². The highest BCUT2D eigenvalue weighted by Gasteiger charge is 2.28. The summed E-state index contributed by atoms with van der Waals surface area (Å²) in [5, 5.41) is 8.31. The first-order valence-corrected chi connectivity index (χ1v) is 8.88. The third-order valence-corrected chi connectivity index (χ3v) is 4.82. The number of carbonyl (C=O) groups is 1. The molecule has 0 atom stereocenters. The average Bonchev–Trinajstić information content (AvgIpc) is 2.78. The SMILES string of the molecule is N#CCC(=O)OCCCCCC=C1NS(=O)(=O)c2ccccc21. The third-order valence-electron chi connectivity index (χ3n) is 3.39. The van der Waals surface area contributed by atoms with Gasteiger partial charge in [-0.1, -0.05) is 24.3 Å². The summed E-state index contributed by atoms with van der Waals surface area (Å²) >= 11 is 0. The average molecular weight is 334 g/mol. The fourth-order valence-corrected chi connectivity index (χ4v) is 3.62. The Kier molecular flexibility index (Phi) is 5.77. The molecule has 0 aromatic heterocycles. The Bertz CT molecular complexity index is 748. The van der Waals surface area contributed by atoms with Crippen LogP contribution in [0.25, 0.3) is 5.70 Å². The number of hydrogen-bond acceptors (Lipinski definition) is 5. The smallest absolute Gasteiger partial charge is 0.320 e. The highest BCUT2D eigenvalue weighted by Crippen LogP contribution is 2.29. The number of sulfonamides is 1. The molecule has 6 nitrogen and oxygen atoms in total. The first-order valence-electron chi connectivity index (χ1n) is 7.39. The van der Waals surface area contributed by atoms with Crippen LogP contribution >= 0.6 is 0 Å². The van der Waals surface area contributed by atoms with E-state index in [4.69, 9.17) is 10.00 Å². The van der Waals surface area contributed by atoms with Gasteiger partial charge in [-0.3, -0.25) is 9.52 Å². The summed E-state index contributed by atoms with van der Waals surface area (Å²) in [4.78, 5) is 11.3. The van der Waals surface area contributed by atoms with Gasteiger partial charge in [0, 0.05) is 5.56 Å². The van der Waals surface area contributed by atoms with Crippen LogP contribution in [0, 0.1) is 11.3 Å². The van der Waals surface area contributed by atoms with Gasteiger partial charge in [0.1, 0.15) is 6.42 Å². The van der Waals surface area contributed by atoms with E-state index in [1.165, 1.54) is 0 Å². The van der Waals surface area contributed by atoms with Crippen LogP contribution in [0.3, 0.4) is 0 Å². The van der Waals surface area contributed by atoms with Gasteiger partial charge in [-0.15, -0.1) is 0 Å². The molecule has 0 unspecified atom stereocenters. The maximum atomic E-state index is 11.9. The number of carbonyl (C=O) groups excluding carboxylic acids is 1. The lowest BCUT2D eigenvalue weighted by Crippen LogP contribution is -2.13. The van der Waals surface area contributed by atoms with E-state index in [0.29, 0.717) is 22.8 Å². The molecule has 1 aromatic rings. The maximum Gasteiger partial charge on any atom is 0.320 e. The first kappa shape index (κ1) is 17.0. The second kappa shape index (κ2) is 7.79. The Morgan fingerprint density at radius 2 is 2.04 bits per heavy atom. The lowest BCUT2D eigenvalue weighted by atomic mass is 10.1. The number of fused-ring (bicyclic) bond motifs is 1. The number of allylic oxidation sites excluding steroid dienone is 1. The van der Waals surface area contributed by atoms with Crippen LogP contribution < -0.4 is 4.72 Å². The van der Waals surface area contributed by atoms with Gasteiger partial charge >= 0.3 is 5.97 Å². The Labute approximate surface area is 135 Å². The number of nitriles is 1. The Hall–Kier alpha value is -2.33. The van der Waals surface area contributed by atoms with Crippen molar-refractivity contribution in [3.8, 4) is 6.07 Å². The van der Waals surface area contributed by atoms with Crippen LogP contribution in [0.5, 0.6) is 0 Å². The number of ether oxygens (including phenoxy) is 1. The summed E-state index contributed by atoms with van der Waals surface area (Å²) in [6, 6.07) is 8.63. The van der Waals surface area contributed by atoms with Crippen molar-refractivity contribution < 1.29 is 17.9 Å². The quantitative estimate of drug-likeness (QED) is 0.610. The molecular weight excluding hydrogens is 316 g/mol. The van der Waals surface area contributed by atoms with Gasteiger partial charge in [0.2, 0.25) is 0 Å². The van der Waals surface area contributed by atoms with Crippen molar-refractivity contribution in [3.05, 3.63) is 35.9 Å². The lowest BCUT2D eigenvalue weighted by Gasteiger charge is -2.02. The van der Waals surface area contributed by atoms with Crippen molar-refractivity contribution in [2.24, 2.45) is 0 Å². The summed E-state index contributed by atoms with van der Waals surface area (Å²) in [7, 11) is -3.42. The molecule has 0 spiro atoms. The fraction of sp³-hybridized carbons (Fsp3) is 0.375. The van der Waals surface area contributed by atoms with Crippen molar-refractivity contribution in [1.29, 1.82) is 5.26 Å². The molecule has 1 N–H and O–H groups in total. The lowest BCUT2D eigenvalue weighted by molar-refractivity contribution is -0.142.